The summed E-state index contributed by atoms with van der Waals surface area (Å²) in [4.78, 5) is 48.6. The number of carbonyl (C=O) groups is 3. The van der Waals surface area contributed by atoms with Gasteiger partial charge in [-0.3, -0.25) is 24.4 Å². The number of aromatic nitrogens is 2. The fraction of sp³-hybridized carbons (Fsp3) is 0.315. The van der Waals surface area contributed by atoms with E-state index in [0.717, 1.165) is 106 Å². The molecule has 0 spiro atoms. The van der Waals surface area contributed by atoms with Crippen LogP contribution in [0.2, 0.25) is 0 Å². The van der Waals surface area contributed by atoms with Crippen LogP contribution in [-0.4, -0.2) is 79.3 Å². The van der Waals surface area contributed by atoms with E-state index in [1.807, 2.05) is 56.3 Å². The van der Waals surface area contributed by atoms with Gasteiger partial charge in [0, 0.05) is 72.3 Å². The molecule has 4 aromatic carbocycles. The van der Waals surface area contributed by atoms with Crippen molar-refractivity contribution >= 4 is 40.5 Å². The highest BCUT2D eigenvalue weighted by molar-refractivity contribution is 6.05. The van der Waals surface area contributed by atoms with Crippen LogP contribution in [0.1, 0.15) is 86.2 Å². The van der Waals surface area contributed by atoms with Gasteiger partial charge in [-0.15, -0.1) is 0 Å². The summed E-state index contributed by atoms with van der Waals surface area (Å²) < 4.78 is 89.4. The summed E-state index contributed by atoms with van der Waals surface area (Å²) in [6.45, 7) is 9.52. The molecule has 19 heteroatoms. The number of alkyl halides is 6. The van der Waals surface area contributed by atoms with Gasteiger partial charge < -0.3 is 41.0 Å². The molecule has 0 bridgehead atoms. The second kappa shape index (κ2) is 20.6. The summed E-state index contributed by atoms with van der Waals surface area (Å²) in [5.41, 5.74) is 14.8. The summed E-state index contributed by atoms with van der Waals surface area (Å²) in [7, 11) is 0. The molecule has 6 aromatic rings. The van der Waals surface area contributed by atoms with Crippen LogP contribution in [0.15, 0.2) is 109 Å². The molecule has 380 valence electrons. The number of fused-ring (bicyclic) bond motifs is 6. The summed E-state index contributed by atoms with van der Waals surface area (Å²) in [6.07, 6.45) is -5.71. The molecule has 0 saturated carbocycles. The molecule has 2 fully saturated rings. The molecule has 0 radical (unpaired) electrons. The molecule has 5 N–H and O–H groups in total. The first-order valence-electron chi connectivity index (χ1n) is 23.7. The summed E-state index contributed by atoms with van der Waals surface area (Å²) >= 11 is 0. The molecule has 0 aliphatic carbocycles. The number of hydrogen-bond acceptors (Lipinski definition) is 10. The van der Waals surface area contributed by atoms with Gasteiger partial charge in [0.2, 0.25) is 5.91 Å². The van der Waals surface area contributed by atoms with Crippen molar-refractivity contribution in [3.8, 4) is 22.3 Å². The minimum Gasteiger partial charge on any atom is -0.377 e. The Kier molecular flexibility index (Phi) is 14.3. The number of nitrogens with zero attached hydrogens (tertiary/aromatic N) is 4. The Balaban J connectivity index is 0.000000180. The van der Waals surface area contributed by atoms with Gasteiger partial charge in [0.1, 0.15) is 11.4 Å². The number of rotatable bonds is 7. The Bertz CT molecular complexity index is 3080. The van der Waals surface area contributed by atoms with Crippen LogP contribution in [0.5, 0.6) is 0 Å². The third-order valence-electron chi connectivity index (χ3n) is 13.6. The number of ether oxygens (including phenoxy) is 2. The molecule has 3 amide bonds. The maximum Gasteiger partial charge on any atom is 0.433 e. The van der Waals surface area contributed by atoms with Crippen molar-refractivity contribution in [1.29, 1.82) is 0 Å². The van der Waals surface area contributed by atoms with E-state index in [9.17, 15) is 40.7 Å². The molecule has 73 heavy (non-hydrogen) atoms. The normalized spacial score (nSPS) is 19.2. The van der Waals surface area contributed by atoms with Gasteiger partial charge in [-0.2, -0.15) is 26.3 Å². The smallest absolute Gasteiger partial charge is 0.377 e. The molecule has 2 aromatic heterocycles. The zero-order chi connectivity index (χ0) is 51.8. The number of aryl methyl sites for hydroxylation is 2. The highest BCUT2D eigenvalue weighted by atomic mass is 19.4. The lowest BCUT2D eigenvalue weighted by Gasteiger charge is -2.45. The molecule has 6 heterocycles. The molecular formula is C54H52F6N8O5. The minimum absolute atomic E-state index is 0.0596. The molecule has 2 saturated heterocycles. The second-order valence-electron chi connectivity index (χ2n) is 18.5. The number of nitrogens with two attached hydrogens (primary N) is 1. The highest BCUT2D eigenvalue weighted by Crippen LogP contribution is 2.43. The van der Waals surface area contributed by atoms with E-state index >= 15 is 0 Å². The van der Waals surface area contributed by atoms with E-state index in [1.165, 1.54) is 19.1 Å². The highest BCUT2D eigenvalue weighted by Gasteiger charge is 2.37. The molecule has 10 rings (SSSR count). The Morgan fingerprint density at radius 3 is 1.56 bits per heavy atom. The maximum atomic E-state index is 13.0. The van der Waals surface area contributed by atoms with Crippen LogP contribution in [-0.2, 0) is 26.6 Å². The third-order valence-corrected chi connectivity index (χ3v) is 13.6. The van der Waals surface area contributed by atoms with E-state index < -0.39 is 35.6 Å². The lowest BCUT2D eigenvalue weighted by Crippen LogP contribution is -2.51. The quantitative estimate of drug-likeness (QED) is 0.113. The molecule has 4 atom stereocenters. The van der Waals surface area contributed by atoms with Crippen molar-refractivity contribution in [2.45, 2.75) is 70.1 Å². The Morgan fingerprint density at radius 1 is 0.616 bits per heavy atom. The number of halogens is 6. The predicted octanol–water partition coefficient (Wildman–Crippen LogP) is 10.1. The van der Waals surface area contributed by atoms with Crippen molar-refractivity contribution < 1.29 is 50.2 Å². The van der Waals surface area contributed by atoms with Crippen LogP contribution < -0.4 is 31.5 Å². The number of carbonyl (C=O) groups excluding carboxylic acids is 3. The summed E-state index contributed by atoms with van der Waals surface area (Å²) in [5, 5.41) is 8.47. The minimum atomic E-state index is -4.64. The Labute approximate surface area is 417 Å². The van der Waals surface area contributed by atoms with E-state index in [-0.39, 0.29) is 41.2 Å². The predicted molar refractivity (Wildman–Crippen MR) is 264 cm³/mol. The average Bonchev–Trinajstić information content (AvgIpc) is 3.37. The zero-order valence-corrected chi connectivity index (χ0v) is 40.0. The number of morpholine rings is 2. The monoisotopic (exact) mass is 1010 g/mol. The van der Waals surface area contributed by atoms with E-state index in [2.05, 4.69) is 53.9 Å². The van der Waals surface area contributed by atoms with Crippen molar-refractivity contribution in [1.82, 2.24) is 15.3 Å². The van der Waals surface area contributed by atoms with Crippen LogP contribution in [0, 0.1) is 13.8 Å². The number of benzene rings is 4. The maximum absolute atomic E-state index is 13.0. The molecule has 4 aliphatic heterocycles. The number of anilines is 4. The molecule has 4 aliphatic rings. The first-order valence-corrected chi connectivity index (χ1v) is 23.7. The van der Waals surface area contributed by atoms with Crippen molar-refractivity contribution in [2.24, 2.45) is 5.73 Å². The molecular weight excluding hydrogens is 955 g/mol. The van der Waals surface area contributed by atoms with Crippen LogP contribution in [0.25, 0.3) is 22.3 Å². The largest absolute Gasteiger partial charge is 0.433 e. The van der Waals surface area contributed by atoms with Gasteiger partial charge >= 0.3 is 12.4 Å². The first-order chi connectivity index (χ1) is 34.8. The SMILES string of the molecule is CC(=O)NC1CC2COCCN2c2cc(-c3cc(NC(=O)c4ccnc(C(F)(F)F)c4)ccc3C)ccc21.Cc1ccc(NC(=O)c2ccnc(C(F)(F)F)c2)cc1-c1ccc2c(c1)N1CCOCC1CC2N. The van der Waals surface area contributed by atoms with Gasteiger partial charge in [-0.05, 0) is 132 Å². The van der Waals surface area contributed by atoms with E-state index in [1.54, 1.807) is 12.1 Å². The van der Waals surface area contributed by atoms with Crippen molar-refractivity contribution in [3.05, 3.63) is 154 Å². The van der Waals surface area contributed by atoms with Gasteiger partial charge in [0.25, 0.3) is 11.8 Å². The molecule has 4 unspecified atom stereocenters. The topological polar surface area (TPSA) is 164 Å². The average molecular weight is 1010 g/mol. The van der Waals surface area contributed by atoms with Gasteiger partial charge in [-0.25, -0.2) is 0 Å². The lowest BCUT2D eigenvalue weighted by molar-refractivity contribution is -0.142. The van der Waals surface area contributed by atoms with Crippen LogP contribution in [0.4, 0.5) is 49.1 Å². The molecule has 13 nitrogen and oxygen atoms in total. The van der Waals surface area contributed by atoms with E-state index in [0.29, 0.717) is 37.8 Å². The van der Waals surface area contributed by atoms with Crippen LogP contribution >= 0.6 is 0 Å². The second-order valence-corrected chi connectivity index (χ2v) is 18.5. The fourth-order valence-corrected chi connectivity index (χ4v) is 9.95. The standard InChI is InChI=1S/C28H27F3N4O3.C26H25F3N4O2/c1-16-3-5-20(34-27(37)19-7-8-32-26(12-19)28(29,30)31)13-23(16)18-4-6-22-24(33-17(2)36)14-21-15-38-10-9-35(21)25(22)11-18;1-15-2-4-18(32-25(34)17-6-7-31-24(11-17)26(27,28)29)12-21(15)16-3-5-20-22(30)13-19-14-35-9-8-33(19)23(20)10-16/h3-8,11-13,21,24H,9-10,14-15H2,1-2H3,(H,33,36)(H,34,37);2-7,10-12,19,22H,8-9,13-14,30H2,1H3,(H,32,34). The summed E-state index contributed by atoms with van der Waals surface area (Å²) in [6, 6.07) is 27.3. The number of nitrogens with one attached hydrogen (secondary N) is 3. The number of hydrogen-bond donors (Lipinski definition) is 4. The number of amides is 3. The van der Waals surface area contributed by atoms with Gasteiger partial charge in [0.05, 0.1) is 44.6 Å². The van der Waals surface area contributed by atoms with Gasteiger partial charge in [0.15, 0.2) is 0 Å². The van der Waals surface area contributed by atoms with E-state index in [4.69, 9.17) is 15.2 Å². The zero-order valence-electron chi connectivity index (χ0n) is 40.0. The van der Waals surface area contributed by atoms with Crippen molar-refractivity contribution in [3.63, 3.8) is 0 Å². The Morgan fingerprint density at radius 2 is 1.08 bits per heavy atom. The van der Waals surface area contributed by atoms with Gasteiger partial charge in [-0.1, -0.05) is 36.4 Å². The first kappa shape index (κ1) is 50.6. The van der Waals surface area contributed by atoms with Crippen molar-refractivity contribution in [2.75, 3.05) is 60.0 Å². The Hall–Kier alpha value is -7.35. The number of pyridine rings is 2. The summed E-state index contributed by atoms with van der Waals surface area (Å²) in [5.74, 6) is -1.39. The fourth-order valence-electron chi connectivity index (χ4n) is 9.95. The van der Waals surface area contributed by atoms with Crippen LogP contribution in [0.3, 0.4) is 0 Å². The lowest BCUT2D eigenvalue weighted by atomic mass is 9.88. The third kappa shape index (κ3) is 11.2.